The first kappa shape index (κ1) is 18.5. The lowest BCUT2D eigenvalue weighted by molar-refractivity contribution is 0.239. The van der Waals surface area contributed by atoms with Crippen molar-refractivity contribution in [2.45, 2.75) is 32.4 Å². The first-order valence-corrected chi connectivity index (χ1v) is 9.55. The van der Waals surface area contributed by atoms with Crippen molar-refractivity contribution in [3.63, 3.8) is 0 Å². The molecule has 1 saturated heterocycles. The fourth-order valence-corrected chi connectivity index (χ4v) is 4.12. The molecule has 0 spiro atoms. The van der Waals surface area contributed by atoms with Gasteiger partial charge in [0.25, 0.3) is 5.56 Å². The molecule has 3 heterocycles. The molecule has 1 atom stereocenters. The Balaban J connectivity index is 1.67. The van der Waals surface area contributed by atoms with Gasteiger partial charge < -0.3 is 9.47 Å². The van der Waals surface area contributed by atoms with Gasteiger partial charge in [-0.05, 0) is 56.6 Å². The Morgan fingerprint density at radius 3 is 2.79 bits per heavy atom. The molecule has 1 aliphatic heterocycles. The maximum Gasteiger partial charge on any atom is 0.258 e. The van der Waals surface area contributed by atoms with Gasteiger partial charge in [0.15, 0.2) is 0 Å². The van der Waals surface area contributed by atoms with Gasteiger partial charge in [-0.2, -0.15) is 0 Å². The number of nitrogens with zero attached hydrogens (tertiary/aromatic N) is 3. The molecular formula is C22H25N3O3. The lowest BCUT2D eigenvalue weighted by atomic mass is 10.0. The number of aryl methyl sites for hydroxylation is 1. The summed E-state index contributed by atoms with van der Waals surface area (Å²) in [5.74, 6) is 1.68. The molecule has 1 aromatic carbocycles. The molecule has 28 heavy (non-hydrogen) atoms. The number of fused-ring (bicyclic) bond motifs is 1. The summed E-state index contributed by atoms with van der Waals surface area (Å²) < 4.78 is 12.7. The Morgan fingerprint density at radius 2 is 2.00 bits per heavy atom. The second kappa shape index (κ2) is 7.64. The summed E-state index contributed by atoms with van der Waals surface area (Å²) in [7, 11) is 3.37. The first-order chi connectivity index (χ1) is 13.6. The summed E-state index contributed by atoms with van der Waals surface area (Å²) in [6.07, 6.45) is 2.13. The number of methoxy groups -OCH3 is 2. The number of ether oxygens (including phenoxy) is 2. The Hall–Kier alpha value is -2.86. The molecule has 0 N–H and O–H groups in total. The monoisotopic (exact) mass is 379 g/mol. The zero-order chi connectivity index (χ0) is 19.7. The maximum absolute atomic E-state index is 12.6. The van der Waals surface area contributed by atoms with Crippen molar-refractivity contribution < 1.29 is 9.47 Å². The molecule has 4 rings (SSSR count). The van der Waals surface area contributed by atoms with Crippen LogP contribution in [-0.4, -0.2) is 35.0 Å². The van der Waals surface area contributed by atoms with E-state index in [4.69, 9.17) is 14.5 Å². The molecule has 0 bridgehead atoms. The molecule has 1 aliphatic rings. The fraction of sp³-hybridized carbons (Fsp3) is 0.364. The van der Waals surface area contributed by atoms with E-state index in [0.29, 0.717) is 12.2 Å². The highest BCUT2D eigenvalue weighted by molar-refractivity contribution is 5.43. The fourth-order valence-electron chi connectivity index (χ4n) is 4.12. The van der Waals surface area contributed by atoms with Gasteiger partial charge in [0, 0.05) is 29.9 Å². The molecule has 0 unspecified atom stereocenters. The van der Waals surface area contributed by atoms with Crippen LogP contribution in [0.3, 0.4) is 0 Å². The maximum atomic E-state index is 12.6. The van der Waals surface area contributed by atoms with Crippen molar-refractivity contribution in [2.24, 2.45) is 0 Å². The Labute approximate surface area is 164 Å². The number of rotatable bonds is 5. The van der Waals surface area contributed by atoms with Crippen LogP contribution >= 0.6 is 0 Å². The van der Waals surface area contributed by atoms with Gasteiger partial charge in [-0.15, -0.1) is 0 Å². The van der Waals surface area contributed by atoms with Crippen LogP contribution in [-0.2, 0) is 6.54 Å². The standard InChI is InChI=1S/C22H25N3O3/c1-15-6-4-8-21-23-16(12-22(26)25(15)21)14-24-11-5-7-19(24)18-13-17(27-2)9-10-20(18)28-3/h4,6,8-10,12-13,19H,5,7,11,14H2,1-3H3/t19-/m1/s1. The molecule has 0 amide bonds. The highest BCUT2D eigenvalue weighted by atomic mass is 16.5. The van der Waals surface area contributed by atoms with Gasteiger partial charge in [-0.25, -0.2) is 4.98 Å². The molecular weight excluding hydrogens is 354 g/mol. The topological polar surface area (TPSA) is 56.1 Å². The number of benzene rings is 1. The minimum Gasteiger partial charge on any atom is -0.497 e. The van der Waals surface area contributed by atoms with Gasteiger partial charge in [0.05, 0.1) is 19.9 Å². The van der Waals surface area contributed by atoms with Crippen molar-refractivity contribution in [1.82, 2.24) is 14.3 Å². The van der Waals surface area contributed by atoms with E-state index in [1.807, 2.05) is 43.3 Å². The van der Waals surface area contributed by atoms with Crippen molar-refractivity contribution in [3.05, 3.63) is 69.8 Å². The van der Waals surface area contributed by atoms with Gasteiger partial charge in [-0.1, -0.05) is 6.07 Å². The minimum atomic E-state index is -0.0344. The third-order valence-corrected chi connectivity index (χ3v) is 5.46. The molecule has 146 valence electrons. The summed E-state index contributed by atoms with van der Waals surface area (Å²) >= 11 is 0. The number of hydrogen-bond donors (Lipinski definition) is 0. The van der Waals surface area contributed by atoms with Crippen LogP contribution in [0, 0.1) is 6.92 Å². The van der Waals surface area contributed by atoms with Crippen molar-refractivity contribution in [3.8, 4) is 11.5 Å². The van der Waals surface area contributed by atoms with E-state index < -0.39 is 0 Å². The predicted octanol–water partition coefficient (Wildman–Crippen LogP) is 3.36. The van der Waals surface area contributed by atoms with E-state index >= 15 is 0 Å². The zero-order valence-corrected chi connectivity index (χ0v) is 16.5. The van der Waals surface area contributed by atoms with Crippen molar-refractivity contribution >= 4 is 5.65 Å². The van der Waals surface area contributed by atoms with Gasteiger partial charge in [0.1, 0.15) is 17.1 Å². The molecule has 3 aromatic rings. The van der Waals surface area contributed by atoms with Gasteiger partial charge in [-0.3, -0.25) is 14.1 Å². The summed E-state index contributed by atoms with van der Waals surface area (Å²) in [4.78, 5) is 19.7. The predicted molar refractivity (Wildman–Crippen MR) is 108 cm³/mol. The van der Waals surface area contributed by atoms with E-state index in [2.05, 4.69) is 4.90 Å². The van der Waals surface area contributed by atoms with E-state index in [1.54, 1.807) is 24.7 Å². The minimum absolute atomic E-state index is 0.0344. The average molecular weight is 379 g/mol. The number of hydrogen-bond acceptors (Lipinski definition) is 5. The number of aromatic nitrogens is 2. The van der Waals surface area contributed by atoms with Crippen LogP contribution in [0.25, 0.3) is 5.65 Å². The number of likely N-dealkylation sites (tertiary alicyclic amines) is 1. The zero-order valence-electron chi connectivity index (χ0n) is 16.5. The van der Waals surface area contributed by atoms with Crippen LogP contribution < -0.4 is 15.0 Å². The first-order valence-electron chi connectivity index (χ1n) is 9.55. The van der Waals surface area contributed by atoms with E-state index in [0.717, 1.165) is 47.8 Å². The van der Waals surface area contributed by atoms with Gasteiger partial charge >= 0.3 is 0 Å². The second-order valence-electron chi connectivity index (χ2n) is 7.18. The van der Waals surface area contributed by atoms with Crippen LogP contribution in [0.15, 0.2) is 47.3 Å². The van der Waals surface area contributed by atoms with Crippen molar-refractivity contribution in [1.29, 1.82) is 0 Å². The molecule has 0 radical (unpaired) electrons. The molecule has 0 aliphatic carbocycles. The Kier molecular flexibility index (Phi) is 5.05. The summed E-state index contributed by atoms with van der Waals surface area (Å²) in [5.41, 5.74) is 3.46. The van der Waals surface area contributed by atoms with E-state index in [9.17, 15) is 4.79 Å². The summed E-state index contributed by atoms with van der Waals surface area (Å²) in [6, 6.07) is 13.5. The quantitative estimate of drug-likeness (QED) is 0.680. The Morgan fingerprint density at radius 1 is 1.14 bits per heavy atom. The average Bonchev–Trinajstić information content (AvgIpc) is 3.15. The van der Waals surface area contributed by atoms with Crippen LogP contribution in [0.1, 0.15) is 35.8 Å². The lowest BCUT2D eigenvalue weighted by Gasteiger charge is -2.26. The largest absolute Gasteiger partial charge is 0.497 e. The SMILES string of the molecule is COc1ccc(OC)c([C@H]2CCCN2Cc2cc(=O)n3c(C)cccc3n2)c1. The normalized spacial score (nSPS) is 17.2. The highest BCUT2D eigenvalue weighted by Crippen LogP contribution is 2.39. The van der Waals surface area contributed by atoms with Gasteiger partial charge in [0.2, 0.25) is 0 Å². The van der Waals surface area contributed by atoms with E-state index in [-0.39, 0.29) is 11.6 Å². The highest BCUT2D eigenvalue weighted by Gasteiger charge is 2.29. The lowest BCUT2D eigenvalue weighted by Crippen LogP contribution is -2.26. The third-order valence-electron chi connectivity index (χ3n) is 5.46. The Bertz CT molecular complexity index is 1060. The molecule has 0 saturated carbocycles. The van der Waals surface area contributed by atoms with E-state index in [1.165, 1.54) is 0 Å². The van der Waals surface area contributed by atoms with Crippen LogP contribution in [0.2, 0.25) is 0 Å². The summed E-state index contributed by atoms with van der Waals surface area (Å²) in [6.45, 7) is 3.51. The second-order valence-corrected chi connectivity index (χ2v) is 7.18. The smallest absolute Gasteiger partial charge is 0.258 e. The van der Waals surface area contributed by atoms with Crippen molar-refractivity contribution in [2.75, 3.05) is 20.8 Å². The van der Waals surface area contributed by atoms with Crippen LogP contribution in [0.5, 0.6) is 11.5 Å². The molecule has 6 heteroatoms. The number of pyridine rings is 1. The molecule has 2 aromatic heterocycles. The van der Waals surface area contributed by atoms with Crippen LogP contribution in [0.4, 0.5) is 0 Å². The third kappa shape index (κ3) is 3.36. The summed E-state index contributed by atoms with van der Waals surface area (Å²) in [5, 5.41) is 0. The molecule has 6 nitrogen and oxygen atoms in total. The molecule has 1 fully saturated rings.